The van der Waals surface area contributed by atoms with Gasteiger partial charge in [-0.3, -0.25) is 9.69 Å². The Balaban J connectivity index is 1.46. The number of hydrogen-bond donors (Lipinski definition) is 2. The monoisotopic (exact) mass is 396 g/mol. The van der Waals surface area contributed by atoms with Crippen molar-refractivity contribution in [1.82, 2.24) is 14.9 Å². The van der Waals surface area contributed by atoms with Crippen LogP contribution in [0.15, 0.2) is 42.5 Å². The number of aromatic nitrogens is 2. The molecule has 1 saturated heterocycles. The van der Waals surface area contributed by atoms with Gasteiger partial charge in [0.25, 0.3) is 5.91 Å². The smallest absolute Gasteiger partial charge is 0.254 e. The van der Waals surface area contributed by atoms with Gasteiger partial charge in [0.15, 0.2) is 0 Å². The van der Waals surface area contributed by atoms with Gasteiger partial charge in [-0.25, -0.2) is 9.37 Å². The molecule has 1 fully saturated rings. The number of aromatic amines is 1. The number of nitrogens with one attached hydrogen (secondary N) is 2. The summed E-state index contributed by atoms with van der Waals surface area (Å²) < 4.78 is 19.5. The van der Waals surface area contributed by atoms with Crippen LogP contribution in [0.5, 0.6) is 0 Å². The van der Waals surface area contributed by atoms with E-state index < -0.39 is 6.10 Å². The normalized spacial score (nSPS) is 17.7. The van der Waals surface area contributed by atoms with Crippen molar-refractivity contribution >= 4 is 22.6 Å². The Hall–Kier alpha value is -2.77. The van der Waals surface area contributed by atoms with Crippen molar-refractivity contribution in [1.29, 1.82) is 0 Å². The molecule has 1 aromatic heterocycles. The lowest BCUT2D eigenvalue weighted by Crippen LogP contribution is -2.50. The first-order chi connectivity index (χ1) is 14.0. The standard InChI is InChI=1S/C22H25FN4O2/c1-14(2)27-9-10-29-20(13-27)22(28)24-16-7-8-18-19(12-16)26-21(25-18)11-15-5-3-4-6-17(15)23/h3-8,12,14,20H,9-11,13H2,1-2H3,(H,24,28)(H,25,26)/t20-/m1/s1. The fourth-order valence-corrected chi connectivity index (χ4v) is 3.57. The van der Waals surface area contributed by atoms with Crippen LogP contribution in [0, 0.1) is 5.82 Å². The average molecular weight is 396 g/mol. The summed E-state index contributed by atoms with van der Waals surface area (Å²) in [6.45, 7) is 6.21. The van der Waals surface area contributed by atoms with Crippen LogP contribution in [0.3, 0.4) is 0 Å². The van der Waals surface area contributed by atoms with Gasteiger partial charge in [0.2, 0.25) is 0 Å². The third kappa shape index (κ3) is 4.46. The molecule has 0 aliphatic carbocycles. The van der Waals surface area contributed by atoms with E-state index in [2.05, 4.69) is 34.0 Å². The summed E-state index contributed by atoms with van der Waals surface area (Å²) in [4.78, 5) is 22.6. The van der Waals surface area contributed by atoms with Crippen molar-refractivity contribution in [3.05, 3.63) is 59.7 Å². The number of H-pyrrole nitrogens is 1. The van der Waals surface area contributed by atoms with Crippen LogP contribution in [-0.4, -0.2) is 52.6 Å². The summed E-state index contributed by atoms with van der Waals surface area (Å²) in [6, 6.07) is 12.5. The number of carbonyl (C=O) groups is 1. The Morgan fingerprint density at radius 1 is 1.34 bits per heavy atom. The topological polar surface area (TPSA) is 70.2 Å². The molecule has 1 atom stereocenters. The molecule has 1 aliphatic heterocycles. The lowest BCUT2D eigenvalue weighted by atomic mass is 10.1. The number of fused-ring (bicyclic) bond motifs is 1. The molecule has 7 heteroatoms. The number of imidazole rings is 1. The van der Waals surface area contributed by atoms with Crippen LogP contribution >= 0.6 is 0 Å². The summed E-state index contributed by atoms with van der Waals surface area (Å²) in [6.07, 6.45) is -0.107. The highest BCUT2D eigenvalue weighted by molar-refractivity contribution is 5.96. The Kier molecular flexibility index (Phi) is 5.60. The van der Waals surface area contributed by atoms with Gasteiger partial charge in [-0.1, -0.05) is 18.2 Å². The molecule has 2 heterocycles. The maximum absolute atomic E-state index is 13.9. The van der Waals surface area contributed by atoms with Crippen molar-refractivity contribution in [2.45, 2.75) is 32.4 Å². The van der Waals surface area contributed by atoms with E-state index in [9.17, 15) is 9.18 Å². The minimum Gasteiger partial charge on any atom is -0.366 e. The number of ether oxygens (including phenoxy) is 1. The lowest BCUT2D eigenvalue weighted by molar-refractivity contribution is -0.133. The van der Waals surface area contributed by atoms with Gasteiger partial charge in [-0.2, -0.15) is 0 Å². The van der Waals surface area contributed by atoms with E-state index in [0.717, 1.165) is 17.6 Å². The largest absolute Gasteiger partial charge is 0.366 e. The molecular weight excluding hydrogens is 371 g/mol. The first-order valence-electron chi connectivity index (χ1n) is 9.88. The molecule has 6 nitrogen and oxygen atoms in total. The van der Waals surface area contributed by atoms with Gasteiger partial charge in [-0.15, -0.1) is 0 Å². The van der Waals surface area contributed by atoms with Crippen molar-refractivity contribution in [3.63, 3.8) is 0 Å². The SMILES string of the molecule is CC(C)N1CCO[C@@H](C(=O)Nc2ccc3nc(Cc4ccccc4F)[nH]c3c2)C1. The summed E-state index contributed by atoms with van der Waals surface area (Å²) in [5.74, 6) is 0.279. The number of halogens is 1. The molecule has 0 bridgehead atoms. The Morgan fingerprint density at radius 3 is 2.97 bits per heavy atom. The molecule has 29 heavy (non-hydrogen) atoms. The van der Waals surface area contributed by atoms with Gasteiger partial charge in [0, 0.05) is 31.2 Å². The van der Waals surface area contributed by atoms with Gasteiger partial charge in [0.05, 0.1) is 17.6 Å². The molecule has 2 N–H and O–H groups in total. The molecular formula is C22H25FN4O2. The van der Waals surface area contributed by atoms with E-state index in [1.165, 1.54) is 6.07 Å². The molecule has 0 saturated carbocycles. The fourth-order valence-electron chi connectivity index (χ4n) is 3.57. The predicted molar refractivity (Wildman–Crippen MR) is 110 cm³/mol. The van der Waals surface area contributed by atoms with E-state index in [-0.39, 0.29) is 11.7 Å². The summed E-state index contributed by atoms with van der Waals surface area (Å²) in [5.41, 5.74) is 2.83. The van der Waals surface area contributed by atoms with E-state index in [0.29, 0.717) is 42.7 Å². The number of amides is 1. The van der Waals surface area contributed by atoms with Crippen molar-refractivity contribution in [3.8, 4) is 0 Å². The zero-order valence-electron chi connectivity index (χ0n) is 16.6. The molecule has 2 aromatic carbocycles. The van der Waals surface area contributed by atoms with Crippen LogP contribution in [0.25, 0.3) is 11.0 Å². The Labute approximate surface area is 169 Å². The van der Waals surface area contributed by atoms with Gasteiger partial charge < -0.3 is 15.0 Å². The molecule has 152 valence electrons. The van der Waals surface area contributed by atoms with Crippen molar-refractivity contribution in [2.24, 2.45) is 0 Å². The van der Waals surface area contributed by atoms with E-state index in [1.54, 1.807) is 12.1 Å². The van der Waals surface area contributed by atoms with Crippen LogP contribution in [0.2, 0.25) is 0 Å². The fraction of sp³-hybridized carbons (Fsp3) is 0.364. The summed E-state index contributed by atoms with van der Waals surface area (Å²) in [7, 11) is 0. The zero-order chi connectivity index (χ0) is 20.4. The van der Waals surface area contributed by atoms with E-state index >= 15 is 0 Å². The second-order valence-corrected chi connectivity index (χ2v) is 7.62. The van der Waals surface area contributed by atoms with Crippen LogP contribution in [-0.2, 0) is 16.0 Å². The van der Waals surface area contributed by atoms with E-state index in [1.807, 2.05) is 24.3 Å². The van der Waals surface area contributed by atoms with Crippen molar-refractivity contribution < 1.29 is 13.9 Å². The maximum atomic E-state index is 13.9. The maximum Gasteiger partial charge on any atom is 0.254 e. The van der Waals surface area contributed by atoms with Crippen LogP contribution < -0.4 is 5.32 Å². The Morgan fingerprint density at radius 2 is 2.17 bits per heavy atom. The first kappa shape index (κ1) is 19.5. The summed E-state index contributed by atoms with van der Waals surface area (Å²) in [5, 5.41) is 2.93. The predicted octanol–water partition coefficient (Wildman–Crippen LogP) is 3.34. The van der Waals surface area contributed by atoms with Gasteiger partial charge in [-0.05, 0) is 43.7 Å². The molecule has 0 spiro atoms. The number of nitrogens with zero attached hydrogens (tertiary/aromatic N) is 2. The third-order valence-corrected chi connectivity index (χ3v) is 5.23. The lowest BCUT2D eigenvalue weighted by Gasteiger charge is -2.34. The first-order valence-corrected chi connectivity index (χ1v) is 9.88. The molecule has 1 amide bonds. The highest BCUT2D eigenvalue weighted by atomic mass is 19.1. The molecule has 0 unspecified atom stereocenters. The molecule has 0 radical (unpaired) electrons. The number of benzene rings is 2. The summed E-state index contributed by atoms with van der Waals surface area (Å²) >= 11 is 0. The quantitative estimate of drug-likeness (QED) is 0.694. The minimum absolute atomic E-state index is 0.152. The minimum atomic E-state index is -0.486. The number of anilines is 1. The van der Waals surface area contributed by atoms with E-state index in [4.69, 9.17) is 4.74 Å². The molecule has 3 aromatic rings. The third-order valence-electron chi connectivity index (χ3n) is 5.23. The van der Waals surface area contributed by atoms with Crippen molar-refractivity contribution in [2.75, 3.05) is 25.0 Å². The highest BCUT2D eigenvalue weighted by Gasteiger charge is 2.27. The average Bonchev–Trinajstić information content (AvgIpc) is 3.11. The number of morpholine rings is 1. The van der Waals surface area contributed by atoms with Crippen LogP contribution in [0.4, 0.5) is 10.1 Å². The van der Waals surface area contributed by atoms with Crippen LogP contribution in [0.1, 0.15) is 25.2 Å². The zero-order valence-corrected chi connectivity index (χ0v) is 16.6. The highest BCUT2D eigenvalue weighted by Crippen LogP contribution is 2.20. The molecule has 4 rings (SSSR count). The second-order valence-electron chi connectivity index (χ2n) is 7.62. The second kappa shape index (κ2) is 8.31. The Bertz CT molecular complexity index is 1020. The number of hydrogen-bond acceptors (Lipinski definition) is 4. The van der Waals surface area contributed by atoms with Gasteiger partial charge >= 0.3 is 0 Å². The number of rotatable bonds is 5. The van der Waals surface area contributed by atoms with Gasteiger partial charge in [0.1, 0.15) is 17.7 Å². The number of carbonyl (C=O) groups excluding carboxylic acids is 1. The molecule has 1 aliphatic rings.